The van der Waals surface area contributed by atoms with Gasteiger partial charge in [-0.3, -0.25) is 4.79 Å². The molecule has 2 fully saturated rings. The predicted molar refractivity (Wildman–Crippen MR) is 122 cm³/mol. The van der Waals surface area contributed by atoms with Gasteiger partial charge in [-0.15, -0.1) is 0 Å². The highest BCUT2D eigenvalue weighted by molar-refractivity contribution is 5.75. The summed E-state index contributed by atoms with van der Waals surface area (Å²) in [4.78, 5) is 21.8. The summed E-state index contributed by atoms with van der Waals surface area (Å²) in [5.74, 6) is 2.96. The largest absolute Gasteiger partial charge is 0.378 e. The third-order valence-electron chi connectivity index (χ3n) is 6.79. The van der Waals surface area contributed by atoms with Crippen molar-refractivity contribution in [1.82, 2.24) is 20.4 Å². The normalized spacial score (nSPS) is 23.6. The Labute approximate surface area is 190 Å². The van der Waals surface area contributed by atoms with Crippen molar-refractivity contribution in [2.75, 3.05) is 13.2 Å². The van der Waals surface area contributed by atoms with Crippen LogP contribution in [-0.4, -0.2) is 40.3 Å². The second-order valence-corrected chi connectivity index (χ2v) is 9.71. The number of hydrogen-bond donors (Lipinski definition) is 1. The minimum Gasteiger partial charge on any atom is -0.378 e. The van der Waals surface area contributed by atoms with Crippen molar-refractivity contribution in [3.05, 3.63) is 29.5 Å². The summed E-state index contributed by atoms with van der Waals surface area (Å²) in [5.41, 5.74) is 2.90. The molecule has 1 aliphatic heterocycles. The molecule has 7 nitrogen and oxygen atoms in total. The molecule has 0 bridgehead atoms. The number of carbonyl (C=O) groups excluding carboxylic acids is 1. The maximum absolute atomic E-state index is 12.2. The lowest BCUT2D eigenvalue weighted by atomic mass is 9.79. The number of aromatic nitrogens is 3. The van der Waals surface area contributed by atoms with E-state index in [9.17, 15) is 4.79 Å². The van der Waals surface area contributed by atoms with Gasteiger partial charge in [0.1, 0.15) is 5.82 Å². The van der Waals surface area contributed by atoms with E-state index < -0.39 is 0 Å². The minimum atomic E-state index is 0.156. The highest BCUT2D eigenvalue weighted by Gasteiger charge is 2.28. The fourth-order valence-corrected chi connectivity index (χ4v) is 4.83. The Kier molecular flexibility index (Phi) is 7.55. The molecule has 1 N–H and O–H groups in total. The van der Waals surface area contributed by atoms with Gasteiger partial charge in [0.2, 0.25) is 5.91 Å². The highest BCUT2D eigenvalue weighted by atomic mass is 16.5. The number of aryl methyl sites for hydroxylation is 1. The van der Waals surface area contributed by atoms with Gasteiger partial charge < -0.3 is 14.6 Å². The van der Waals surface area contributed by atoms with Crippen LogP contribution in [0.1, 0.15) is 94.3 Å². The molecule has 4 rings (SSSR count). The average Bonchev–Trinajstić information content (AvgIpc) is 3.48. The number of nitrogens with one attached hydrogen (secondary N) is 1. The summed E-state index contributed by atoms with van der Waals surface area (Å²) in [5, 5.41) is 7.20. The molecule has 1 saturated carbocycles. The molecule has 1 saturated heterocycles. The Hall–Kier alpha value is -2.28. The van der Waals surface area contributed by atoms with Gasteiger partial charge in [0.05, 0.1) is 23.1 Å². The number of amides is 1. The van der Waals surface area contributed by atoms with Crippen LogP contribution >= 0.6 is 0 Å². The van der Waals surface area contributed by atoms with Crippen LogP contribution in [0.3, 0.4) is 0 Å². The average molecular weight is 441 g/mol. The topological polar surface area (TPSA) is 90.1 Å². The predicted octanol–water partition coefficient (Wildman–Crippen LogP) is 4.91. The van der Waals surface area contributed by atoms with Crippen LogP contribution in [0.2, 0.25) is 0 Å². The first-order valence-corrected chi connectivity index (χ1v) is 12.2. The number of hydrogen-bond acceptors (Lipinski definition) is 6. The molecule has 0 spiro atoms. The molecule has 7 heteroatoms. The van der Waals surface area contributed by atoms with Crippen molar-refractivity contribution in [1.29, 1.82) is 0 Å². The summed E-state index contributed by atoms with van der Waals surface area (Å²) in [6, 6.07) is 1.95. The van der Waals surface area contributed by atoms with Gasteiger partial charge in [-0.25, -0.2) is 9.97 Å². The third kappa shape index (κ3) is 5.74. The molecule has 0 radical (unpaired) electrons. The molecule has 2 aliphatic rings. The Bertz CT molecular complexity index is 896. The van der Waals surface area contributed by atoms with Crippen molar-refractivity contribution in [3.8, 4) is 11.3 Å². The van der Waals surface area contributed by atoms with Gasteiger partial charge in [0.25, 0.3) is 0 Å². The first kappa shape index (κ1) is 22.9. The van der Waals surface area contributed by atoms with Crippen molar-refractivity contribution < 1.29 is 14.1 Å². The summed E-state index contributed by atoms with van der Waals surface area (Å²) >= 11 is 0. The van der Waals surface area contributed by atoms with E-state index in [-0.39, 0.29) is 17.9 Å². The highest BCUT2D eigenvalue weighted by Crippen LogP contribution is 2.39. The number of ether oxygens (including phenoxy) is 1. The molecule has 0 aromatic carbocycles. The Morgan fingerprint density at radius 3 is 2.69 bits per heavy atom. The van der Waals surface area contributed by atoms with Crippen LogP contribution in [0.25, 0.3) is 11.3 Å². The standard InChI is InChI=1S/C25H36N4O3/c1-16(2)25-27-15-21(22-13-17(3)29-32-22)24(28-25)19-8-6-18(7-9-19)14-26-23(30)11-10-20-5-4-12-31-20/h13,15-16,18-20H,4-12,14H2,1-3H3,(H,26,30)/t18?,19?,20-/m0/s1. The minimum absolute atomic E-state index is 0.156. The lowest BCUT2D eigenvalue weighted by Gasteiger charge is -2.29. The first-order valence-electron chi connectivity index (χ1n) is 12.2. The maximum Gasteiger partial charge on any atom is 0.220 e. The van der Waals surface area contributed by atoms with Crippen molar-refractivity contribution in [2.45, 2.75) is 90.1 Å². The lowest BCUT2D eigenvalue weighted by Crippen LogP contribution is -2.31. The van der Waals surface area contributed by atoms with E-state index in [4.69, 9.17) is 14.2 Å². The van der Waals surface area contributed by atoms with Gasteiger partial charge >= 0.3 is 0 Å². The zero-order chi connectivity index (χ0) is 22.5. The van der Waals surface area contributed by atoms with Crippen LogP contribution in [-0.2, 0) is 9.53 Å². The van der Waals surface area contributed by atoms with E-state index in [1.807, 2.05) is 19.2 Å². The molecule has 1 amide bonds. The van der Waals surface area contributed by atoms with Crippen LogP contribution in [0.15, 0.2) is 16.8 Å². The maximum atomic E-state index is 12.2. The van der Waals surface area contributed by atoms with E-state index in [2.05, 4.69) is 29.3 Å². The number of nitrogens with zero attached hydrogens (tertiary/aromatic N) is 3. The van der Waals surface area contributed by atoms with E-state index >= 15 is 0 Å². The monoisotopic (exact) mass is 440 g/mol. The first-order chi connectivity index (χ1) is 15.5. The van der Waals surface area contributed by atoms with E-state index in [0.29, 0.717) is 18.3 Å². The van der Waals surface area contributed by atoms with Gasteiger partial charge in [0.15, 0.2) is 5.76 Å². The van der Waals surface area contributed by atoms with E-state index in [0.717, 1.165) is 86.6 Å². The summed E-state index contributed by atoms with van der Waals surface area (Å²) < 4.78 is 11.2. The summed E-state index contributed by atoms with van der Waals surface area (Å²) in [7, 11) is 0. The molecule has 0 unspecified atom stereocenters. The molecule has 1 aliphatic carbocycles. The molecular formula is C25H36N4O3. The van der Waals surface area contributed by atoms with Gasteiger partial charge in [0, 0.05) is 43.7 Å². The van der Waals surface area contributed by atoms with Crippen molar-refractivity contribution in [3.63, 3.8) is 0 Å². The lowest BCUT2D eigenvalue weighted by molar-refractivity contribution is -0.121. The summed E-state index contributed by atoms with van der Waals surface area (Å²) in [6.07, 6.45) is 10.1. The zero-order valence-electron chi connectivity index (χ0n) is 19.6. The second kappa shape index (κ2) is 10.6. The van der Waals surface area contributed by atoms with Gasteiger partial charge in [-0.2, -0.15) is 0 Å². The van der Waals surface area contributed by atoms with Crippen LogP contribution in [0.4, 0.5) is 0 Å². The van der Waals surface area contributed by atoms with Gasteiger partial charge in [-0.1, -0.05) is 19.0 Å². The molecule has 1 atom stereocenters. The Morgan fingerprint density at radius 2 is 2.03 bits per heavy atom. The smallest absolute Gasteiger partial charge is 0.220 e. The van der Waals surface area contributed by atoms with E-state index in [1.54, 1.807) is 0 Å². The number of rotatable bonds is 8. The molecule has 32 heavy (non-hydrogen) atoms. The Morgan fingerprint density at radius 1 is 1.22 bits per heavy atom. The second-order valence-electron chi connectivity index (χ2n) is 9.71. The van der Waals surface area contributed by atoms with Crippen LogP contribution in [0, 0.1) is 12.8 Å². The molecular weight excluding hydrogens is 404 g/mol. The van der Waals surface area contributed by atoms with Crippen LogP contribution in [0.5, 0.6) is 0 Å². The van der Waals surface area contributed by atoms with Gasteiger partial charge in [-0.05, 0) is 57.8 Å². The third-order valence-corrected chi connectivity index (χ3v) is 6.79. The van der Waals surface area contributed by atoms with Crippen molar-refractivity contribution >= 4 is 5.91 Å². The molecule has 2 aromatic rings. The zero-order valence-corrected chi connectivity index (χ0v) is 19.6. The molecule has 2 aromatic heterocycles. The SMILES string of the molecule is Cc1cc(-c2cnc(C(C)C)nc2C2CCC(CNC(=O)CC[C@@H]3CCCO3)CC2)on1. The molecule has 174 valence electrons. The fourth-order valence-electron chi connectivity index (χ4n) is 4.83. The molecule has 3 heterocycles. The quantitative estimate of drug-likeness (QED) is 0.627. The number of carbonyl (C=O) groups is 1. The van der Waals surface area contributed by atoms with Crippen molar-refractivity contribution in [2.24, 2.45) is 5.92 Å². The fraction of sp³-hybridized carbons (Fsp3) is 0.680. The Balaban J connectivity index is 1.33. The van der Waals surface area contributed by atoms with Crippen LogP contribution < -0.4 is 5.32 Å². The summed E-state index contributed by atoms with van der Waals surface area (Å²) in [6.45, 7) is 7.78. The van der Waals surface area contributed by atoms with E-state index in [1.165, 1.54) is 0 Å².